The first-order valence-corrected chi connectivity index (χ1v) is 7.73. The lowest BCUT2D eigenvalue weighted by molar-refractivity contribution is 0.522. The van der Waals surface area contributed by atoms with Crippen molar-refractivity contribution >= 4 is 39.2 Å². The smallest absolute Gasteiger partial charge is 0.134 e. The summed E-state index contributed by atoms with van der Waals surface area (Å²) in [6.45, 7) is 4.25. The molecule has 2 aromatic carbocycles. The molecule has 1 aromatic heterocycles. The van der Waals surface area contributed by atoms with Gasteiger partial charge < -0.3 is 9.73 Å². The zero-order valence-corrected chi connectivity index (χ0v) is 13.6. The van der Waals surface area contributed by atoms with Crippen LogP contribution >= 0.6 is 22.6 Å². The van der Waals surface area contributed by atoms with Crippen molar-refractivity contribution in [1.82, 2.24) is 0 Å². The first-order chi connectivity index (χ1) is 9.65. The van der Waals surface area contributed by atoms with Crippen molar-refractivity contribution in [3.05, 3.63) is 63.4 Å². The zero-order chi connectivity index (χ0) is 14.1. The zero-order valence-electron chi connectivity index (χ0n) is 11.5. The molecule has 1 heterocycles. The molecule has 2 nitrogen and oxygen atoms in total. The summed E-state index contributed by atoms with van der Waals surface area (Å²) in [5, 5.41) is 4.68. The second-order valence-electron chi connectivity index (χ2n) is 4.96. The second-order valence-corrected chi connectivity index (χ2v) is 6.21. The van der Waals surface area contributed by atoms with Crippen LogP contribution in [0.5, 0.6) is 0 Å². The Labute approximate surface area is 132 Å². The van der Waals surface area contributed by atoms with Gasteiger partial charge in [-0.25, -0.2) is 0 Å². The molecule has 102 valence electrons. The molecule has 0 amide bonds. The molecule has 0 aliphatic rings. The third-order valence-electron chi connectivity index (χ3n) is 3.50. The van der Waals surface area contributed by atoms with E-state index in [-0.39, 0.29) is 6.04 Å². The van der Waals surface area contributed by atoms with Gasteiger partial charge in [0.05, 0.1) is 6.04 Å². The highest BCUT2D eigenvalue weighted by molar-refractivity contribution is 14.1. The summed E-state index contributed by atoms with van der Waals surface area (Å²) in [6, 6.07) is 16.7. The van der Waals surface area contributed by atoms with Gasteiger partial charge in [-0.05, 0) is 66.8 Å². The Morgan fingerprint density at radius 3 is 2.45 bits per heavy atom. The van der Waals surface area contributed by atoms with Crippen LogP contribution < -0.4 is 5.32 Å². The van der Waals surface area contributed by atoms with Gasteiger partial charge in [-0.15, -0.1) is 0 Å². The number of hydrogen-bond acceptors (Lipinski definition) is 2. The summed E-state index contributed by atoms with van der Waals surface area (Å²) in [7, 11) is 0. The number of hydrogen-bond donors (Lipinski definition) is 1. The molecule has 0 bridgehead atoms. The molecule has 3 heteroatoms. The maximum absolute atomic E-state index is 5.99. The van der Waals surface area contributed by atoms with Crippen molar-refractivity contribution in [1.29, 1.82) is 0 Å². The van der Waals surface area contributed by atoms with Crippen molar-refractivity contribution in [2.24, 2.45) is 0 Å². The molecule has 1 atom stereocenters. The van der Waals surface area contributed by atoms with E-state index in [1.807, 2.05) is 18.2 Å². The Bertz CT molecular complexity index is 730. The number of furan rings is 1. The van der Waals surface area contributed by atoms with Crippen molar-refractivity contribution in [3.63, 3.8) is 0 Å². The van der Waals surface area contributed by atoms with Gasteiger partial charge in [-0.3, -0.25) is 0 Å². The van der Waals surface area contributed by atoms with E-state index in [0.29, 0.717) is 0 Å². The number of anilines is 1. The summed E-state index contributed by atoms with van der Waals surface area (Å²) >= 11 is 2.31. The van der Waals surface area contributed by atoms with E-state index in [1.165, 1.54) is 14.5 Å². The van der Waals surface area contributed by atoms with Crippen LogP contribution in [0.1, 0.15) is 24.3 Å². The highest BCUT2D eigenvalue weighted by Crippen LogP contribution is 2.30. The van der Waals surface area contributed by atoms with E-state index < -0.39 is 0 Å². The van der Waals surface area contributed by atoms with Gasteiger partial charge in [0, 0.05) is 20.2 Å². The Hall–Kier alpha value is -1.49. The molecular weight excluding hydrogens is 361 g/mol. The van der Waals surface area contributed by atoms with Crippen LogP contribution in [0.15, 0.2) is 52.9 Å². The van der Waals surface area contributed by atoms with Gasteiger partial charge in [0.2, 0.25) is 0 Å². The molecule has 3 rings (SSSR count). The lowest BCUT2D eigenvalue weighted by atomic mass is 10.1. The van der Waals surface area contributed by atoms with Crippen molar-refractivity contribution in [2.75, 3.05) is 5.32 Å². The Balaban J connectivity index is 1.90. The third kappa shape index (κ3) is 2.54. The Kier molecular flexibility index (Phi) is 3.70. The summed E-state index contributed by atoms with van der Waals surface area (Å²) in [4.78, 5) is 0. The van der Waals surface area contributed by atoms with E-state index >= 15 is 0 Å². The lowest BCUT2D eigenvalue weighted by Crippen LogP contribution is -2.06. The molecule has 20 heavy (non-hydrogen) atoms. The minimum absolute atomic E-state index is 0.141. The fourth-order valence-corrected chi connectivity index (χ4v) is 2.83. The lowest BCUT2D eigenvalue weighted by Gasteiger charge is -2.14. The van der Waals surface area contributed by atoms with E-state index in [4.69, 9.17) is 4.42 Å². The average Bonchev–Trinajstić information content (AvgIpc) is 2.79. The quantitative estimate of drug-likeness (QED) is 0.608. The van der Waals surface area contributed by atoms with Crippen LogP contribution in [0.25, 0.3) is 11.0 Å². The van der Waals surface area contributed by atoms with E-state index in [9.17, 15) is 0 Å². The summed E-state index contributed by atoms with van der Waals surface area (Å²) in [5.74, 6) is 1.00. The van der Waals surface area contributed by atoms with Crippen molar-refractivity contribution in [2.45, 2.75) is 19.9 Å². The largest absolute Gasteiger partial charge is 0.459 e. The maximum Gasteiger partial charge on any atom is 0.134 e. The fraction of sp³-hybridized carbons (Fsp3) is 0.176. The first kappa shape index (κ1) is 13.5. The second kappa shape index (κ2) is 5.48. The van der Waals surface area contributed by atoms with E-state index in [2.05, 4.69) is 72.1 Å². The molecule has 0 spiro atoms. The number of fused-ring (bicyclic) bond motifs is 1. The molecule has 0 saturated carbocycles. The Morgan fingerprint density at radius 1 is 1.05 bits per heavy atom. The van der Waals surface area contributed by atoms with Crippen molar-refractivity contribution in [3.8, 4) is 0 Å². The normalized spacial score (nSPS) is 12.6. The first-order valence-electron chi connectivity index (χ1n) is 6.65. The topological polar surface area (TPSA) is 25.2 Å². The van der Waals surface area contributed by atoms with Crippen LogP contribution in [-0.2, 0) is 0 Å². The predicted octanol–water partition coefficient (Wildman–Crippen LogP) is 5.52. The van der Waals surface area contributed by atoms with Gasteiger partial charge >= 0.3 is 0 Å². The monoisotopic (exact) mass is 377 g/mol. The predicted molar refractivity (Wildman–Crippen MR) is 92.1 cm³/mol. The van der Waals surface area contributed by atoms with E-state index in [0.717, 1.165) is 17.0 Å². The molecule has 0 aliphatic carbocycles. The average molecular weight is 377 g/mol. The minimum atomic E-state index is 0.141. The molecule has 0 radical (unpaired) electrons. The number of nitrogens with one attached hydrogen (secondary N) is 1. The standard InChI is InChI=1S/C17H16INO/c1-11-15-5-3-4-6-16(15)20-17(11)12(2)19-14-9-7-13(18)8-10-14/h3-10,12,19H,1-2H3. The van der Waals surface area contributed by atoms with Crippen LogP contribution in [0.3, 0.4) is 0 Å². The molecule has 0 saturated heterocycles. The van der Waals surface area contributed by atoms with Crippen molar-refractivity contribution < 1.29 is 4.42 Å². The molecule has 1 unspecified atom stereocenters. The molecular formula is C17H16INO. The number of para-hydroxylation sites is 1. The van der Waals surface area contributed by atoms with Gasteiger partial charge in [0.1, 0.15) is 11.3 Å². The van der Waals surface area contributed by atoms with Crippen LogP contribution in [0.4, 0.5) is 5.69 Å². The molecule has 3 aromatic rings. The number of rotatable bonds is 3. The van der Waals surface area contributed by atoms with Gasteiger partial charge in [-0.2, -0.15) is 0 Å². The van der Waals surface area contributed by atoms with Gasteiger partial charge in [0.15, 0.2) is 0 Å². The molecule has 0 aliphatic heterocycles. The van der Waals surface area contributed by atoms with Crippen LogP contribution in [-0.4, -0.2) is 0 Å². The molecule has 1 N–H and O–H groups in total. The molecule has 0 fully saturated rings. The number of benzene rings is 2. The number of halogens is 1. The summed E-state index contributed by atoms with van der Waals surface area (Å²) in [5.41, 5.74) is 3.28. The van der Waals surface area contributed by atoms with Crippen LogP contribution in [0.2, 0.25) is 0 Å². The number of aryl methyl sites for hydroxylation is 1. The minimum Gasteiger partial charge on any atom is -0.459 e. The van der Waals surface area contributed by atoms with Gasteiger partial charge in [0.25, 0.3) is 0 Å². The van der Waals surface area contributed by atoms with E-state index in [1.54, 1.807) is 0 Å². The maximum atomic E-state index is 5.99. The Morgan fingerprint density at radius 2 is 1.75 bits per heavy atom. The van der Waals surface area contributed by atoms with Gasteiger partial charge in [-0.1, -0.05) is 18.2 Å². The third-order valence-corrected chi connectivity index (χ3v) is 4.22. The highest BCUT2D eigenvalue weighted by atomic mass is 127. The summed E-state index contributed by atoms with van der Waals surface area (Å²) in [6.07, 6.45) is 0. The van der Waals surface area contributed by atoms with Crippen LogP contribution in [0, 0.1) is 10.5 Å². The highest BCUT2D eigenvalue weighted by Gasteiger charge is 2.16. The summed E-state index contributed by atoms with van der Waals surface area (Å²) < 4.78 is 7.23. The SMILES string of the molecule is Cc1c(C(C)Nc2ccc(I)cc2)oc2ccccc12. The fourth-order valence-electron chi connectivity index (χ4n) is 2.47.